The van der Waals surface area contributed by atoms with E-state index in [1.54, 1.807) is 0 Å². The summed E-state index contributed by atoms with van der Waals surface area (Å²) < 4.78 is 5.78. The summed E-state index contributed by atoms with van der Waals surface area (Å²) in [5.41, 5.74) is 0.106. The van der Waals surface area contributed by atoms with Gasteiger partial charge in [0, 0.05) is 25.9 Å². The van der Waals surface area contributed by atoms with Gasteiger partial charge >= 0.3 is 5.97 Å². The molecule has 2 rings (SSSR count). The third-order valence-corrected chi connectivity index (χ3v) is 3.58. The maximum absolute atomic E-state index is 10.9. The Balaban J connectivity index is 2.08. The fraction of sp³-hybridized carbons (Fsp3) is 0.571. The van der Waals surface area contributed by atoms with Crippen molar-refractivity contribution < 1.29 is 14.6 Å². The lowest BCUT2D eigenvalue weighted by molar-refractivity contribution is 0.0439. The van der Waals surface area contributed by atoms with E-state index in [9.17, 15) is 4.79 Å². The fourth-order valence-corrected chi connectivity index (χ4v) is 2.62. The summed E-state index contributed by atoms with van der Waals surface area (Å²) in [6.07, 6.45) is 4.61. The van der Waals surface area contributed by atoms with E-state index in [2.05, 4.69) is 16.8 Å². The quantitative estimate of drug-likeness (QED) is 0.905. The lowest BCUT2D eigenvalue weighted by Crippen LogP contribution is -2.40. The molecule has 1 fully saturated rings. The smallest absolute Gasteiger partial charge is 0.337 e. The minimum absolute atomic E-state index is 0.106. The Labute approximate surface area is 123 Å². The first-order valence-electron chi connectivity index (χ1n) is 6.87. The number of carbonyl (C=O) groups is 1. The number of ether oxygens (including phenoxy) is 1. The van der Waals surface area contributed by atoms with Crippen LogP contribution in [0.25, 0.3) is 0 Å². The molecule has 1 saturated heterocycles. The predicted octanol–water partition coefficient (Wildman–Crippen LogP) is 2.83. The molecule has 1 unspecified atom stereocenters. The maximum atomic E-state index is 10.9. The van der Waals surface area contributed by atoms with Gasteiger partial charge in [-0.05, 0) is 25.3 Å². The molecule has 1 aliphatic heterocycles. The van der Waals surface area contributed by atoms with Gasteiger partial charge in [-0.1, -0.05) is 18.5 Å². The zero-order valence-electron chi connectivity index (χ0n) is 11.5. The van der Waals surface area contributed by atoms with Gasteiger partial charge in [-0.2, -0.15) is 0 Å². The Bertz CT molecular complexity index is 481. The molecule has 0 bridgehead atoms. The minimum Gasteiger partial charge on any atom is -0.478 e. The molecule has 6 heteroatoms. The zero-order valence-corrected chi connectivity index (χ0v) is 12.3. The number of aromatic nitrogens is 1. The first-order valence-corrected chi connectivity index (χ1v) is 7.25. The van der Waals surface area contributed by atoms with E-state index < -0.39 is 5.97 Å². The molecule has 0 aromatic carbocycles. The van der Waals surface area contributed by atoms with Crippen LogP contribution in [0.5, 0.6) is 0 Å². The Hall–Kier alpha value is -1.33. The number of anilines is 1. The molecule has 1 aromatic rings. The standard InChI is InChI=1S/C14H19ClN2O3/c1-2-6-20-11-4-3-5-17(9-11)13-12(15)7-10(8-16-13)14(18)19/h7-8,11H,2-6,9H2,1H3,(H,18,19). The third-order valence-electron chi connectivity index (χ3n) is 3.30. The van der Waals surface area contributed by atoms with Gasteiger partial charge in [0.05, 0.1) is 16.7 Å². The number of hydrogen-bond donors (Lipinski definition) is 1. The first-order chi connectivity index (χ1) is 9.61. The van der Waals surface area contributed by atoms with Crippen molar-refractivity contribution in [3.63, 3.8) is 0 Å². The Morgan fingerprint density at radius 2 is 2.45 bits per heavy atom. The molecule has 5 nitrogen and oxygen atoms in total. The van der Waals surface area contributed by atoms with E-state index in [0.717, 1.165) is 39.0 Å². The highest BCUT2D eigenvalue weighted by Crippen LogP contribution is 2.27. The van der Waals surface area contributed by atoms with E-state index in [0.29, 0.717) is 10.8 Å². The molecule has 1 aromatic heterocycles. The number of pyridine rings is 1. The number of piperidine rings is 1. The van der Waals surface area contributed by atoms with Crippen LogP contribution < -0.4 is 4.90 Å². The summed E-state index contributed by atoms with van der Waals surface area (Å²) in [7, 11) is 0. The van der Waals surface area contributed by atoms with E-state index in [1.807, 2.05) is 0 Å². The van der Waals surface area contributed by atoms with Crippen LogP contribution in [0, 0.1) is 0 Å². The van der Waals surface area contributed by atoms with Crippen molar-refractivity contribution in [2.45, 2.75) is 32.3 Å². The van der Waals surface area contributed by atoms with Crippen molar-refractivity contribution in [2.24, 2.45) is 0 Å². The molecule has 1 atom stereocenters. The van der Waals surface area contributed by atoms with Gasteiger partial charge in [-0.25, -0.2) is 9.78 Å². The number of halogens is 1. The lowest BCUT2D eigenvalue weighted by Gasteiger charge is -2.33. The average Bonchev–Trinajstić information content (AvgIpc) is 2.45. The van der Waals surface area contributed by atoms with Gasteiger partial charge < -0.3 is 14.7 Å². The minimum atomic E-state index is -1.02. The molecule has 0 spiro atoms. The molecule has 0 saturated carbocycles. The molecule has 0 radical (unpaired) electrons. The SMILES string of the molecule is CCCOC1CCCN(c2ncc(C(=O)O)cc2Cl)C1. The van der Waals surface area contributed by atoms with Crippen LogP contribution in [0.1, 0.15) is 36.5 Å². The largest absolute Gasteiger partial charge is 0.478 e. The Morgan fingerprint density at radius 1 is 1.65 bits per heavy atom. The van der Waals surface area contributed by atoms with Crippen LogP contribution in [0.2, 0.25) is 5.02 Å². The van der Waals surface area contributed by atoms with Gasteiger partial charge in [-0.15, -0.1) is 0 Å². The number of nitrogens with zero attached hydrogens (tertiary/aromatic N) is 2. The van der Waals surface area contributed by atoms with Crippen LogP contribution in [0.3, 0.4) is 0 Å². The van der Waals surface area contributed by atoms with Gasteiger partial charge in [0.1, 0.15) is 5.82 Å². The van der Waals surface area contributed by atoms with Crippen LogP contribution in [0.4, 0.5) is 5.82 Å². The molecular weight excluding hydrogens is 280 g/mol. The van der Waals surface area contributed by atoms with E-state index in [4.69, 9.17) is 21.4 Å². The second kappa shape index (κ2) is 6.90. The van der Waals surface area contributed by atoms with Crippen molar-refractivity contribution in [1.29, 1.82) is 0 Å². The van der Waals surface area contributed by atoms with Gasteiger partial charge in [-0.3, -0.25) is 0 Å². The predicted molar refractivity (Wildman–Crippen MR) is 77.7 cm³/mol. The summed E-state index contributed by atoms with van der Waals surface area (Å²) in [4.78, 5) is 17.1. The molecular formula is C14H19ClN2O3. The van der Waals surface area contributed by atoms with Crippen LogP contribution in [0.15, 0.2) is 12.3 Å². The van der Waals surface area contributed by atoms with Crippen molar-refractivity contribution in [3.8, 4) is 0 Å². The molecule has 1 N–H and O–H groups in total. The second-order valence-corrected chi connectivity index (χ2v) is 5.32. The highest BCUT2D eigenvalue weighted by molar-refractivity contribution is 6.33. The summed E-state index contributed by atoms with van der Waals surface area (Å²) in [6, 6.07) is 1.45. The van der Waals surface area contributed by atoms with E-state index >= 15 is 0 Å². The average molecular weight is 299 g/mol. The van der Waals surface area contributed by atoms with Gasteiger partial charge in [0.2, 0.25) is 0 Å². The zero-order chi connectivity index (χ0) is 14.5. The van der Waals surface area contributed by atoms with Crippen molar-refractivity contribution in [3.05, 3.63) is 22.8 Å². The van der Waals surface area contributed by atoms with Gasteiger partial charge in [0.25, 0.3) is 0 Å². The second-order valence-electron chi connectivity index (χ2n) is 4.92. The molecule has 1 aliphatic rings. The normalized spacial score (nSPS) is 19.1. The molecule has 2 heterocycles. The van der Waals surface area contributed by atoms with Crippen LogP contribution >= 0.6 is 11.6 Å². The monoisotopic (exact) mass is 298 g/mol. The summed E-state index contributed by atoms with van der Waals surface area (Å²) in [6.45, 7) is 4.46. The molecule has 0 aliphatic carbocycles. The number of carboxylic acids is 1. The summed E-state index contributed by atoms with van der Waals surface area (Å²) >= 11 is 6.15. The van der Waals surface area contributed by atoms with E-state index in [-0.39, 0.29) is 11.7 Å². The summed E-state index contributed by atoms with van der Waals surface area (Å²) in [5.74, 6) is -0.379. The Kier molecular flexibility index (Phi) is 5.20. The summed E-state index contributed by atoms with van der Waals surface area (Å²) in [5, 5.41) is 9.29. The van der Waals surface area contributed by atoms with Crippen molar-refractivity contribution >= 4 is 23.4 Å². The molecule has 110 valence electrons. The number of hydrogen-bond acceptors (Lipinski definition) is 4. The lowest BCUT2D eigenvalue weighted by atomic mass is 10.1. The number of rotatable bonds is 5. The fourth-order valence-electron chi connectivity index (χ4n) is 2.33. The van der Waals surface area contributed by atoms with E-state index in [1.165, 1.54) is 12.3 Å². The Morgan fingerprint density at radius 3 is 3.10 bits per heavy atom. The first kappa shape index (κ1) is 15.1. The van der Waals surface area contributed by atoms with Crippen molar-refractivity contribution in [2.75, 3.05) is 24.6 Å². The highest BCUT2D eigenvalue weighted by atomic mass is 35.5. The molecule has 0 amide bonds. The van der Waals surface area contributed by atoms with Crippen LogP contribution in [-0.2, 0) is 4.74 Å². The number of aromatic carboxylic acids is 1. The number of carboxylic acid groups (broad SMARTS) is 1. The highest BCUT2D eigenvalue weighted by Gasteiger charge is 2.23. The maximum Gasteiger partial charge on any atom is 0.337 e. The van der Waals surface area contributed by atoms with Crippen molar-refractivity contribution in [1.82, 2.24) is 4.98 Å². The topological polar surface area (TPSA) is 62.7 Å². The third kappa shape index (κ3) is 3.61. The molecule has 20 heavy (non-hydrogen) atoms. The van der Waals surface area contributed by atoms with Gasteiger partial charge in [0.15, 0.2) is 0 Å². The van der Waals surface area contributed by atoms with Crippen LogP contribution in [-0.4, -0.2) is 41.9 Å².